The van der Waals surface area contributed by atoms with Gasteiger partial charge in [0.25, 0.3) is 0 Å². The Morgan fingerprint density at radius 1 is 1.29 bits per heavy atom. The molecule has 0 bridgehead atoms. The molecule has 0 aliphatic carbocycles. The van der Waals surface area contributed by atoms with Crippen molar-refractivity contribution >= 4 is 0 Å². The molecule has 0 saturated heterocycles. The van der Waals surface area contributed by atoms with Gasteiger partial charge < -0.3 is 0 Å². The first-order valence-corrected chi connectivity index (χ1v) is 5.30. The van der Waals surface area contributed by atoms with E-state index in [1.165, 1.54) is 5.56 Å². The SMILES string of the molecule is CCc1cccc(C#CCC(C)C)c1. The normalized spacial score (nSPS) is 9.71. The standard InChI is InChI=1S/C14H18/c1-4-13-8-6-10-14(11-13)9-5-7-12(2)3/h6,8,10-12H,4,7H2,1-3H3. The Balaban J connectivity index is 2.69. The molecule has 0 spiro atoms. The molecular formula is C14H18. The van der Waals surface area contributed by atoms with Crippen LogP contribution >= 0.6 is 0 Å². The van der Waals surface area contributed by atoms with Gasteiger partial charge in [-0.25, -0.2) is 0 Å². The van der Waals surface area contributed by atoms with Crippen LogP contribution in [0.4, 0.5) is 0 Å². The van der Waals surface area contributed by atoms with Gasteiger partial charge in [0, 0.05) is 12.0 Å². The van der Waals surface area contributed by atoms with E-state index in [-0.39, 0.29) is 0 Å². The van der Waals surface area contributed by atoms with Crippen molar-refractivity contribution in [1.29, 1.82) is 0 Å². The van der Waals surface area contributed by atoms with E-state index in [9.17, 15) is 0 Å². The highest BCUT2D eigenvalue weighted by Gasteiger charge is 1.90. The van der Waals surface area contributed by atoms with Crippen molar-refractivity contribution in [2.45, 2.75) is 33.6 Å². The maximum atomic E-state index is 3.20. The molecule has 0 aliphatic heterocycles. The fourth-order valence-corrected chi connectivity index (χ4v) is 1.23. The Morgan fingerprint density at radius 3 is 2.71 bits per heavy atom. The van der Waals surface area contributed by atoms with E-state index in [1.807, 2.05) is 0 Å². The quantitative estimate of drug-likeness (QED) is 0.618. The van der Waals surface area contributed by atoms with Crippen LogP contribution in [-0.4, -0.2) is 0 Å². The van der Waals surface area contributed by atoms with Crippen molar-refractivity contribution in [3.8, 4) is 11.8 Å². The molecule has 0 unspecified atom stereocenters. The van der Waals surface area contributed by atoms with Crippen LogP contribution in [0.1, 0.15) is 38.3 Å². The summed E-state index contributed by atoms with van der Waals surface area (Å²) in [5.74, 6) is 7.07. The number of rotatable bonds is 2. The highest BCUT2D eigenvalue weighted by atomic mass is 14.0. The summed E-state index contributed by atoms with van der Waals surface area (Å²) in [6.45, 7) is 6.55. The van der Waals surface area contributed by atoms with Crippen molar-refractivity contribution in [2.24, 2.45) is 5.92 Å². The first-order chi connectivity index (χ1) is 6.72. The molecule has 0 N–H and O–H groups in total. The minimum atomic E-state index is 0.664. The predicted octanol–water partition coefficient (Wildman–Crippen LogP) is 3.65. The van der Waals surface area contributed by atoms with Gasteiger partial charge in [-0.1, -0.05) is 44.7 Å². The smallest absolute Gasteiger partial charge is 0.0247 e. The Hall–Kier alpha value is -1.22. The average Bonchev–Trinajstić information content (AvgIpc) is 2.18. The Kier molecular flexibility index (Phi) is 4.26. The molecular weight excluding hydrogens is 168 g/mol. The highest BCUT2D eigenvalue weighted by molar-refractivity contribution is 5.37. The summed E-state index contributed by atoms with van der Waals surface area (Å²) in [4.78, 5) is 0. The van der Waals surface area contributed by atoms with Crippen LogP contribution in [-0.2, 0) is 6.42 Å². The average molecular weight is 186 g/mol. The summed E-state index contributed by atoms with van der Waals surface area (Å²) in [7, 11) is 0. The molecule has 0 atom stereocenters. The zero-order chi connectivity index (χ0) is 10.4. The lowest BCUT2D eigenvalue weighted by atomic mass is 10.1. The summed E-state index contributed by atoms with van der Waals surface area (Å²) in [6.07, 6.45) is 2.07. The molecule has 14 heavy (non-hydrogen) atoms. The third-order valence-corrected chi connectivity index (χ3v) is 2.08. The number of hydrogen-bond donors (Lipinski definition) is 0. The Morgan fingerprint density at radius 2 is 2.07 bits per heavy atom. The Bertz CT molecular complexity index is 337. The Labute approximate surface area is 87.4 Å². The van der Waals surface area contributed by atoms with Crippen LogP contribution in [0.2, 0.25) is 0 Å². The van der Waals surface area contributed by atoms with E-state index in [0.717, 1.165) is 18.4 Å². The molecule has 0 fully saturated rings. The van der Waals surface area contributed by atoms with Gasteiger partial charge in [-0.05, 0) is 30.0 Å². The van der Waals surface area contributed by atoms with Crippen molar-refractivity contribution in [3.63, 3.8) is 0 Å². The largest absolute Gasteiger partial charge is 0.0976 e. The predicted molar refractivity (Wildman–Crippen MR) is 62.2 cm³/mol. The zero-order valence-corrected chi connectivity index (χ0v) is 9.30. The fourth-order valence-electron chi connectivity index (χ4n) is 1.23. The van der Waals surface area contributed by atoms with Crippen LogP contribution in [0.15, 0.2) is 24.3 Å². The van der Waals surface area contributed by atoms with Gasteiger partial charge in [0.15, 0.2) is 0 Å². The maximum Gasteiger partial charge on any atom is 0.0247 e. The summed E-state index contributed by atoms with van der Waals surface area (Å²) in [5, 5.41) is 0. The molecule has 0 saturated carbocycles. The molecule has 0 heteroatoms. The van der Waals surface area contributed by atoms with Gasteiger partial charge in [-0.15, -0.1) is 0 Å². The lowest BCUT2D eigenvalue weighted by Crippen LogP contribution is -1.84. The van der Waals surface area contributed by atoms with E-state index >= 15 is 0 Å². The first kappa shape index (κ1) is 10.9. The first-order valence-electron chi connectivity index (χ1n) is 5.30. The van der Waals surface area contributed by atoms with Gasteiger partial charge in [0.2, 0.25) is 0 Å². The minimum absolute atomic E-state index is 0.664. The molecule has 0 aromatic heterocycles. The van der Waals surface area contributed by atoms with Crippen LogP contribution < -0.4 is 0 Å². The molecule has 1 aromatic carbocycles. The van der Waals surface area contributed by atoms with Crippen LogP contribution in [0.3, 0.4) is 0 Å². The molecule has 0 radical (unpaired) electrons. The van der Waals surface area contributed by atoms with E-state index in [0.29, 0.717) is 5.92 Å². The summed E-state index contributed by atoms with van der Waals surface area (Å²) >= 11 is 0. The molecule has 0 heterocycles. The van der Waals surface area contributed by atoms with E-state index in [1.54, 1.807) is 0 Å². The van der Waals surface area contributed by atoms with Gasteiger partial charge in [-0.3, -0.25) is 0 Å². The van der Waals surface area contributed by atoms with Crippen LogP contribution in [0.5, 0.6) is 0 Å². The third kappa shape index (κ3) is 3.66. The van der Waals surface area contributed by atoms with Crippen molar-refractivity contribution in [2.75, 3.05) is 0 Å². The summed E-state index contributed by atoms with van der Waals surface area (Å²) in [5.41, 5.74) is 2.51. The summed E-state index contributed by atoms with van der Waals surface area (Å²) < 4.78 is 0. The molecule has 1 aromatic rings. The molecule has 0 amide bonds. The van der Waals surface area contributed by atoms with Gasteiger partial charge in [0.05, 0.1) is 0 Å². The second-order valence-electron chi connectivity index (χ2n) is 3.95. The lowest BCUT2D eigenvalue weighted by molar-refractivity contribution is 0.676. The van der Waals surface area contributed by atoms with Crippen molar-refractivity contribution in [1.82, 2.24) is 0 Å². The van der Waals surface area contributed by atoms with Gasteiger partial charge >= 0.3 is 0 Å². The van der Waals surface area contributed by atoms with Gasteiger partial charge in [-0.2, -0.15) is 0 Å². The fraction of sp³-hybridized carbons (Fsp3) is 0.429. The second kappa shape index (κ2) is 5.50. The molecule has 74 valence electrons. The van der Waals surface area contributed by atoms with E-state index in [4.69, 9.17) is 0 Å². The highest BCUT2D eigenvalue weighted by Crippen LogP contribution is 2.05. The van der Waals surface area contributed by atoms with E-state index < -0.39 is 0 Å². The number of benzene rings is 1. The molecule has 0 nitrogen and oxygen atoms in total. The lowest BCUT2D eigenvalue weighted by Gasteiger charge is -1.96. The monoisotopic (exact) mass is 186 g/mol. The van der Waals surface area contributed by atoms with Crippen molar-refractivity contribution < 1.29 is 0 Å². The van der Waals surface area contributed by atoms with E-state index in [2.05, 4.69) is 56.9 Å². The van der Waals surface area contributed by atoms with Gasteiger partial charge in [0.1, 0.15) is 0 Å². The minimum Gasteiger partial charge on any atom is -0.0976 e. The van der Waals surface area contributed by atoms with Crippen molar-refractivity contribution in [3.05, 3.63) is 35.4 Å². The number of hydrogen-bond acceptors (Lipinski definition) is 0. The zero-order valence-electron chi connectivity index (χ0n) is 9.30. The van der Waals surface area contributed by atoms with Crippen LogP contribution in [0.25, 0.3) is 0 Å². The number of aryl methyl sites for hydroxylation is 1. The summed E-state index contributed by atoms with van der Waals surface area (Å²) in [6, 6.07) is 8.48. The molecule has 1 rings (SSSR count). The maximum absolute atomic E-state index is 3.20. The van der Waals surface area contributed by atoms with Crippen LogP contribution in [0, 0.1) is 17.8 Å². The molecule has 0 aliphatic rings. The third-order valence-electron chi connectivity index (χ3n) is 2.08. The topological polar surface area (TPSA) is 0 Å². The second-order valence-corrected chi connectivity index (χ2v) is 3.95.